The van der Waals surface area contributed by atoms with Gasteiger partial charge in [-0.2, -0.15) is 11.8 Å². The number of primary amides is 1. The number of carbonyl (C=O) groups is 17. The van der Waals surface area contributed by atoms with Gasteiger partial charge in [0.25, 0.3) is 0 Å². The van der Waals surface area contributed by atoms with E-state index in [-0.39, 0.29) is 62.5 Å². The molecule has 0 saturated heterocycles. The van der Waals surface area contributed by atoms with Gasteiger partial charge in [-0.05, 0) is 72.3 Å². The molecule has 39 nitrogen and oxygen atoms in total. The Balaban J connectivity index is 2.45. The van der Waals surface area contributed by atoms with Crippen molar-refractivity contribution in [1.82, 2.24) is 78.7 Å². The average Bonchev–Trinajstić information content (AvgIpc) is 1.01. The van der Waals surface area contributed by atoms with Crippen LogP contribution in [0.5, 0.6) is 0 Å². The quantitative estimate of drug-likeness (QED) is 0.0298. The van der Waals surface area contributed by atoms with Gasteiger partial charge in [-0.15, -0.1) is 0 Å². The summed E-state index contributed by atoms with van der Waals surface area (Å²) >= 11 is 1.30. The van der Waals surface area contributed by atoms with Crippen LogP contribution in [0.4, 0.5) is 0 Å². The zero-order valence-electron chi connectivity index (χ0n) is 64.9. The molecule has 620 valence electrons. The first-order chi connectivity index (χ1) is 51.9. The molecule has 0 radical (unpaired) electrons. The number of hydrogen-bond acceptors (Lipinski definition) is 22. The molecule has 40 heteroatoms. The number of nitrogens with zero attached hydrogens (tertiary/aromatic N) is 2. The summed E-state index contributed by atoms with van der Waals surface area (Å²) in [5, 5.41) is 79.3. The number of rotatable bonds is 50. The van der Waals surface area contributed by atoms with Crippen LogP contribution in [-0.2, 0) is 94.3 Å². The van der Waals surface area contributed by atoms with Crippen LogP contribution in [0.2, 0.25) is 0 Å². The average molecular weight is 1590 g/mol. The van der Waals surface area contributed by atoms with Crippen molar-refractivity contribution in [3.05, 3.63) is 54.1 Å². The van der Waals surface area contributed by atoms with E-state index in [1.165, 1.54) is 31.3 Å². The number of carboxylic acid groups (broad SMARTS) is 3. The molecular formula is C71H113N17O22S. The Morgan fingerprint density at radius 3 is 1.42 bits per heavy atom. The van der Waals surface area contributed by atoms with Crippen LogP contribution in [0, 0.1) is 29.1 Å². The molecule has 0 saturated carbocycles. The number of benzene rings is 1. The van der Waals surface area contributed by atoms with Crippen LogP contribution in [0.15, 0.2) is 42.9 Å². The third-order valence-corrected chi connectivity index (χ3v) is 18.1. The number of nitrogens with one attached hydrogen (secondary N) is 13. The lowest BCUT2D eigenvalue weighted by Crippen LogP contribution is -2.62. The number of likely N-dealkylation sites (N-methyl/N-ethyl adjacent to an activating group) is 1. The van der Waals surface area contributed by atoms with Crippen LogP contribution >= 0.6 is 11.8 Å². The Labute approximate surface area is 647 Å². The lowest BCUT2D eigenvalue weighted by atomic mass is 9.84. The molecule has 1 aromatic heterocycles. The maximum absolute atomic E-state index is 14.8. The monoisotopic (exact) mass is 1590 g/mol. The molecule has 0 aliphatic rings. The van der Waals surface area contributed by atoms with Crippen molar-refractivity contribution in [2.24, 2.45) is 40.6 Å². The number of thioether (sulfide) groups is 1. The highest BCUT2D eigenvalue weighted by atomic mass is 32.2. The molecule has 1 aromatic carbocycles. The Bertz CT molecular complexity index is 3510. The minimum Gasteiger partial charge on any atom is -0.481 e. The van der Waals surface area contributed by atoms with Crippen molar-refractivity contribution in [3.63, 3.8) is 0 Å². The van der Waals surface area contributed by atoms with Crippen molar-refractivity contribution in [2.45, 2.75) is 219 Å². The van der Waals surface area contributed by atoms with Crippen molar-refractivity contribution in [3.8, 4) is 0 Å². The number of carbonyl (C=O) groups excluding carboxylic acids is 14. The summed E-state index contributed by atoms with van der Waals surface area (Å²) in [5.41, 5.74) is 10.8. The summed E-state index contributed by atoms with van der Waals surface area (Å²) in [6.07, 6.45) is 1.26. The highest BCUT2D eigenvalue weighted by Crippen LogP contribution is 2.25. The number of aliphatic carboxylic acids is 3. The van der Waals surface area contributed by atoms with Gasteiger partial charge in [-0.25, -0.2) is 9.78 Å². The number of aliphatic hydroxyl groups is 2. The van der Waals surface area contributed by atoms with Gasteiger partial charge in [0.05, 0.1) is 45.0 Å². The van der Waals surface area contributed by atoms with Gasteiger partial charge in [0.15, 0.2) is 0 Å². The van der Waals surface area contributed by atoms with Gasteiger partial charge in [0.2, 0.25) is 82.7 Å². The smallest absolute Gasteiger partial charge is 0.326 e. The van der Waals surface area contributed by atoms with E-state index < -0.39 is 235 Å². The van der Waals surface area contributed by atoms with Crippen molar-refractivity contribution in [2.75, 3.05) is 38.8 Å². The summed E-state index contributed by atoms with van der Waals surface area (Å²) in [4.78, 5) is 237. The molecule has 0 fully saturated rings. The van der Waals surface area contributed by atoms with Crippen LogP contribution in [0.3, 0.4) is 0 Å². The molecule has 0 unspecified atom stereocenters. The van der Waals surface area contributed by atoms with E-state index in [0.717, 1.165) is 4.90 Å². The second-order valence-electron chi connectivity index (χ2n) is 29.2. The standard InChI is InChI=1S/C71H113N17O22S/c1-14-38(8)56(87-64(103)47(29-54(95)96)81-60(99)42(22-23-111-13)77-58(97)41(72)20-21-51(73)91)68(107)82-43(24-35(2)3)61(100)78-44(26-39-18-16-15-17-19-39)62(101)79-45(27-40-30-74-34-76-40)63(102)84-50(33-90)66(105)85-49(32-89)65(104)80-46(28-53(93)94)59(98)75-31-52(92)88(12)57(71(9,10)11)69(108)86-55(37(6)7)67(106)83-48(70(109)110)25-36(4)5/h15-19,30,34-38,41-50,55-57,89-90H,14,20-29,31-33,72H2,1-13H3,(H2,73,91)(H,74,76)(H,75,98)(H,77,97)(H,78,100)(H,79,101)(H,80,104)(H,81,99)(H,82,107)(H,83,106)(H,84,102)(H,85,105)(H,86,108)(H,87,103)(H,93,94)(H,95,96)(H,109,110)/t38-,41-,42-,43-,44-,45-,46-,47-,48-,49-,50-,55-,56-,57+/m0/s1. The maximum Gasteiger partial charge on any atom is 0.326 e. The summed E-state index contributed by atoms with van der Waals surface area (Å²) in [6.45, 7) is 14.8. The van der Waals surface area contributed by atoms with Crippen LogP contribution in [-0.4, -0.2) is 258 Å². The fraction of sp³-hybridized carbons (Fsp3) is 0.634. The van der Waals surface area contributed by atoms with Gasteiger partial charge in [-0.3, -0.25) is 76.7 Å². The van der Waals surface area contributed by atoms with Crippen molar-refractivity contribution < 1.29 is 107 Å². The van der Waals surface area contributed by atoms with Gasteiger partial charge in [0, 0.05) is 38.2 Å². The normalized spacial score (nSPS) is 15.2. The van der Waals surface area contributed by atoms with Gasteiger partial charge < -0.3 is 111 Å². The summed E-state index contributed by atoms with van der Waals surface area (Å²) in [7, 11) is 1.22. The first kappa shape index (κ1) is 96.7. The Kier molecular flexibility index (Phi) is 41.5. The molecule has 22 N–H and O–H groups in total. The van der Waals surface area contributed by atoms with Crippen LogP contribution < -0.4 is 75.3 Å². The number of nitrogens with two attached hydrogens (primary N) is 2. The van der Waals surface area contributed by atoms with E-state index in [4.69, 9.17) is 11.5 Å². The number of H-pyrrole nitrogens is 1. The molecule has 14 atom stereocenters. The lowest BCUT2D eigenvalue weighted by Gasteiger charge is -2.38. The molecule has 2 rings (SSSR count). The Morgan fingerprint density at radius 1 is 0.532 bits per heavy atom. The van der Waals surface area contributed by atoms with Crippen LogP contribution in [0.25, 0.3) is 0 Å². The Hall–Kier alpha value is -10.3. The van der Waals surface area contributed by atoms with Crippen molar-refractivity contribution >= 4 is 112 Å². The summed E-state index contributed by atoms with van der Waals surface area (Å²) in [6, 6.07) is -12.5. The van der Waals surface area contributed by atoms with E-state index in [9.17, 15) is 107 Å². The minimum atomic E-state index is -2.04. The minimum absolute atomic E-state index is 0.00808. The molecule has 111 heavy (non-hydrogen) atoms. The summed E-state index contributed by atoms with van der Waals surface area (Å²) in [5.74, 6) is -20.3. The number of hydrogen-bond donors (Lipinski definition) is 20. The predicted octanol–water partition coefficient (Wildman–Crippen LogP) is -4.32. The number of carboxylic acids is 3. The summed E-state index contributed by atoms with van der Waals surface area (Å²) < 4.78 is 0. The SMILES string of the molecule is CC[C@H](C)[C@H](NC(=O)[C@H](CC(=O)O)NC(=O)[C@H](CCSC)NC(=O)[C@@H](N)CCC(N)=O)C(=O)N[C@@H](CC(C)C)C(=O)N[C@@H](Cc1ccccc1)C(=O)N[C@@H](Cc1cnc[nH]1)C(=O)N[C@@H](CO)C(=O)N[C@@H](CO)C(=O)N[C@@H](CC(=O)O)C(=O)NCC(=O)N(C)[C@H](C(=O)N[C@H](C(=O)N[C@@H](CC(C)C)C(=O)O)C(C)C)C(C)(C)C. The first-order valence-corrected chi connectivity index (χ1v) is 37.6. The van der Waals surface area contributed by atoms with E-state index in [1.807, 2.05) is 0 Å². The molecule has 1 heterocycles. The van der Waals surface area contributed by atoms with Crippen LogP contribution in [0.1, 0.15) is 139 Å². The van der Waals surface area contributed by atoms with Gasteiger partial charge >= 0.3 is 17.9 Å². The topological polar surface area (TPSA) is 620 Å². The highest BCUT2D eigenvalue weighted by Gasteiger charge is 2.42. The number of aromatic nitrogens is 2. The molecular weight excluding hydrogens is 1470 g/mol. The fourth-order valence-corrected chi connectivity index (χ4v) is 11.7. The van der Waals surface area contributed by atoms with Gasteiger partial charge in [-0.1, -0.05) is 113 Å². The number of aliphatic hydroxyl groups excluding tert-OH is 2. The van der Waals surface area contributed by atoms with Crippen molar-refractivity contribution in [1.29, 1.82) is 0 Å². The zero-order valence-corrected chi connectivity index (χ0v) is 65.7. The number of imidazole rings is 1. The largest absolute Gasteiger partial charge is 0.481 e. The highest BCUT2D eigenvalue weighted by molar-refractivity contribution is 7.98. The lowest BCUT2D eigenvalue weighted by molar-refractivity contribution is -0.145. The number of aromatic amines is 1. The molecule has 14 amide bonds. The van der Waals surface area contributed by atoms with E-state index in [1.54, 1.807) is 113 Å². The second-order valence-corrected chi connectivity index (χ2v) is 30.2. The fourth-order valence-electron chi connectivity index (χ4n) is 11.2. The predicted molar refractivity (Wildman–Crippen MR) is 402 cm³/mol. The number of amides is 14. The third-order valence-electron chi connectivity index (χ3n) is 17.4. The van der Waals surface area contributed by atoms with E-state index in [2.05, 4.69) is 73.8 Å². The first-order valence-electron chi connectivity index (χ1n) is 36.2. The third kappa shape index (κ3) is 34.2. The van der Waals surface area contributed by atoms with E-state index in [0.29, 0.717) is 11.3 Å². The van der Waals surface area contributed by atoms with E-state index >= 15 is 0 Å². The Morgan fingerprint density at radius 2 is 0.964 bits per heavy atom. The molecule has 0 aliphatic heterocycles. The second kappa shape index (κ2) is 47.7. The molecule has 0 bridgehead atoms. The molecule has 2 aromatic rings. The zero-order chi connectivity index (χ0) is 84.3. The molecule has 0 aliphatic carbocycles. The maximum atomic E-state index is 14.8. The molecule has 0 spiro atoms. The van der Waals surface area contributed by atoms with Gasteiger partial charge in [0.1, 0.15) is 72.5 Å².